The average molecular weight is 302 g/mol. The van der Waals surface area contributed by atoms with Crippen molar-refractivity contribution < 1.29 is 31.9 Å². The van der Waals surface area contributed by atoms with Crippen molar-refractivity contribution in [2.45, 2.75) is 6.18 Å². The van der Waals surface area contributed by atoms with E-state index in [0.29, 0.717) is 12.1 Å². The summed E-state index contributed by atoms with van der Waals surface area (Å²) in [6.07, 6.45) is -4.88. The summed E-state index contributed by atoms with van der Waals surface area (Å²) in [5.74, 6) is -4.21. The van der Waals surface area contributed by atoms with Crippen molar-refractivity contribution in [1.29, 1.82) is 0 Å². The van der Waals surface area contributed by atoms with Crippen molar-refractivity contribution >= 4 is 5.97 Å². The molecular formula is C14H7F5O2. The van der Waals surface area contributed by atoms with Gasteiger partial charge in [0.25, 0.3) is 0 Å². The number of benzene rings is 2. The van der Waals surface area contributed by atoms with Gasteiger partial charge in [-0.25, -0.2) is 13.6 Å². The largest absolute Gasteiger partial charge is 0.478 e. The first-order chi connectivity index (χ1) is 9.71. The molecule has 0 unspecified atom stereocenters. The Morgan fingerprint density at radius 1 is 1.05 bits per heavy atom. The Kier molecular flexibility index (Phi) is 3.67. The summed E-state index contributed by atoms with van der Waals surface area (Å²) in [4.78, 5) is 10.7. The molecule has 0 bridgehead atoms. The second-order valence-corrected chi connectivity index (χ2v) is 4.16. The van der Waals surface area contributed by atoms with Gasteiger partial charge in [-0.05, 0) is 23.8 Å². The van der Waals surface area contributed by atoms with Crippen molar-refractivity contribution in [2.24, 2.45) is 0 Å². The molecule has 0 saturated heterocycles. The quantitative estimate of drug-likeness (QED) is 0.837. The van der Waals surface area contributed by atoms with Crippen LogP contribution in [-0.4, -0.2) is 11.1 Å². The highest BCUT2D eigenvalue weighted by Crippen LogP contribution is 2.35. The molecule has 0 aromatic heterocycles. The van der Waals surface area contributed by atoms with E-state index in [2.05, 4.69) is 0 Å². The van der Waals surface area contributed by atoms with Crippen molar-refractivity contribution in [1.82, 2.24) is 0 Å². The van der Waals surface area contributed by atoms with E-state index in [-0.39, 0.29) is 5.56 Å². The second kappa shape index (κ2) is 5.16. The minimum Gasteiger partial charge on any atom is -0.478 e. The second-order valence-electron chi connectivity index (χ2n) is 4.16. The van der Waals surface area contributed by atoms with Gasteiger partial charge in [0.15, 0.2) is 0 Å². The molecule has 110 valence electrons. The molecule has 0 amide bonds. The molecule has 0 aliphatic heterocycles. The first kappa shape index (κ1) is 15.0. The highest BCUT2D eigenvalue weighted by molar-refractivity contribution is 5.88. The molecule has 2 aromatic rings. The summed E-state index contributed by atoms with van der Waals surface area (Å²) in [6.45, 7) is 0. The third kappa shape index (κ3) is 2.86. The van der Waals surface area contributed by atoms with Crippen molar-refractivity contribution in [3.05, 3.63) is 59.2 Å². The number of aromatic carboxylic acids is 1. The summed E-state index contributed by atoms with van der Waals surface area (Å²) < 4.78 is 65.2. The number of rotatable bonds is 2. The lowest BCUT2D eigenvalue weighted by molar-refractivity contribution is -0.139. The fourth-order valence-corrected chi connectivity index (χ4v) is 1.83. The zero-order valence-corrected chi connectivity index (χ0v) is 10.2. The summed E-state index contributed by atoms with van der Waals surface area (Å²) >= 11 is 0. The van der Waals surface area contributed by atoms with Crippen molar-refractivity contribution in [3.8, 4) is 11.1 Å². The number of hydrogen-bond donors (Lipinski definition) is 1. The monoisotopic (exact) mass is 302 g/mol. The number of carboxylic acid groups (broad SMARTS) is 1. The predicted molar refractivity (Wildman–Crippen MR) is 63.8 cm³/mol. The molecule has 21 heavy (non-hydrogen) atoms. The zero-order valence-electron chi connectivity index (χ0n) is 10.2. The summed E-state index contributed by atoms with van der Waals surface area (Å²) in [5, 5.41) is 8.67. The lowest BCUT2D eigenvalue weighted by Gasteiger charge is -2.11. The van der Waals surface area contributed by atoms with Gasteiger partial charge in [0.1, 0.15) is 11.6 Å². The van der Waals surface area contributed by atoms with E-state index in [9.17, 15) is 26.7 Å². The maximum atomic E-state index is 13.9. The van der Waals surface area contributed by atoms with Gasteiger partial charge in [-0.2, -0.15) is 13.2 Å². The van der Waals surface area contributed by atoms with Crippen LogP contribution in [0.3, 0.4) is 0 Å². The van der Waals surface area contributed by atoms with E-state index in [1.807, 2.05) is 0 Å². The van der Waals surface area contributed by atoms with Gasteiger partial charge in [-0.3, -0.25) is 0 Å². The minimum absolute atomic E-state index is 0.180. The van der Waals surface area contributed by atoms with Crippen LogP contribution in [0.1, 0.15) is 15.9 Å². The third-order valence-corrected chi connectivity index (χ3v) is 2.81. The minimum atomic E-state index is -4.88. The van der Waals surface area contributed by atoms with Gasteiger partial charge < -0.3 is 5.11 Å². The highest BCUT2D eigenvalue weighted by Gasteiger charge is 2.35. The topological polar surface area (TPSA) is 37.3 Å². The SMILES string of the molecule is O=C(O)c1ccc(-c2cccc(C(F)(F)F)c2F)cc1F. The molecule has 0 saturated carbocycles. The van der Waals surface area contributed by atoms with Crippen LogP contribution >= 0.6 is 0 Å². The number of hydrogen-bond acceptors (Lipinski definition) is 1. The van der Waals surface area contributed by atoms with Gasteiger partial charge in [0.05, 0.1) is 11.1 Å². The Hall–Kier alpha value is -2.44. The van der Waals surface area contributed by atoms with Crippen molar-refractivity contribution in [3.63, 3.8) is 0 Å². The van der Waals surface area contributed by atoms with Crippen molar-refractivity contribution in [2.75, 3.05) is 0 Å². The van der Waals surface area contributed by atoms with Crippen LogP contribution in [0.15, 0.2) is 36.4 Å². The molecule has 0 heterocycles. The Labute approximate surface area is 115 Å². The van der Waals surface area contributed by atoms with E-state index >= 15 is 0 Å². The molecule has 0 atom stereocenters. The molecule has 0 spiro atoms. The van der Waals surface area contributed by atoms with Crippen LogP contribution in [0.2, 0.25) is 0 Å². The molecule has 2 aromatic carbocycles. The number of carbonyl (C=O) groups is 1. The van der Waals surface area contributed by atoms with Crippen LogP contribution in [0.5, 0.6) is 0 Å². The highest BCUT2D eigenvalue weighted by atomic mass is 19.4. The molecule has 7 heteroatoms. The number of carboxylic acids is 1. The van der Waals surface area contributed by atoms with E-state index in [1.54, 1.807) is 0 Å². The van der Waals surface area contributed by atoms with E-state index in [0.717, 1.165) is 24.3 Å². The Morgan fingerprint density at radius 2 is 1.71 bits per heavy atom. The van der Waals surface area contributed by atoms with Crippen LogP contribution in [0, 0.1) is 11.6 Å². The Morgan fingerprint density at radius 3 is 2.24 bits per heavy atom. The third-order valence-electron chi connectivity index (χ3n) is 2.81. The lowest BCUT2D eigenvalue weighted by atomic mass is 10.00. The van der Waals surface area contributed by atoms with E-state index in [4.69, 9.17) is 5.11 Å². The van der Waals surface area contributed by atoms with Crippen LogP contribution in [0.4, 0.5) is 22.0 Å². The van der Waals surface area contributed by atoms with Crippen LogP contribution in [0.25, 0.3) is 11.1 Å². The molecule has 2 nitrogen and oxygen atoms in total. The first-order valence-corrected chi connectivity index (χ1v) is 5.60. The Bertz CT molecular complexity index is 707. The summed E-state index contributed by atoms with van der Waals surface area (Å²) in [6, 6.07) is 5.21. The Balaban J connectivity index is 2.58. The van der Waals surface area contributed by atoms with Gasteiger partial charge >= 0.3 is 12.1 Å². The van der Waals surface area contributed by atoms with Gasteiger partial charge in [0, 0.05) is 5.56 Å². The fourth-order valence-electron chi connectivity index (χ4n) is 1.83. The van der Waals surface area contributed by atoms with Gasteiger partial charge in [-0.1, -0.05) is 18.2 Å². The standard InChI is InChI=1S/C14H7F5O2/c15-11-6-7(4-5-9(11)13(20)21)8-2-1-3-10(12(8)16)14(17,18)19/h1-6H,(H,20,21). The maximum Gasteiger partial charge on any atom is 0.419 e. The number of halogens is 5. The number of alkyl halides is 3. The lowest BCUT2D eigenvalue weighted by Crippen LogP contribution is -2.09. The maximum absolute atomic E-state index is 13.9. The van der Waals surface area contributed by atoms with Crippen LogP contribution in [-0.2, 0) is 6.18 Å². The van der Waals surface area contributed by atoms with Gasteiger partial charge in [0.2, 0.25) is 0 Å². The molecule has 1 N–H and O–H groups in total. The predicted octanol–water partition coefficient (Wildman–Crippen LogP) is 4.35. The molecular weight excluding hydrogens is 295 g/mol. The molecule has 0 aliphatic carbocycles. The van der Waals surface area contributed by atoms with Gasteiger partial charge in [-0.15, -0.1) is 0 Å². The average Bonchev–Trinajstić information content (AvgIpc) is 2.37. The fraction of sp³-hybridized carbons (Fsp3) is 0.0714. The smallest absolute Gasteiger partial charge is 0.419 e. The first-order valence-electron chi connectivity index (χ1n) is 5.60. The van der Waals surface area contributed by atoms with E-state index in [1.165, 1.54) is 0 Å². The normalized spacial score (nSPS) is 11.5. The molecule has 2 rings (SSSR count). The summed E-state index contributed by atoms with van der Waals surface area (Å²) in [5.41, 5.74) is -2.75. The van der Waals surface area contributed by atoms with Crippen LogP contribution < -0.4 is 0 Å². The molecule has 0 fully saturated rings. The molecule has 0 aliphatic rings. The van der Waals surface area contributed by atoms with E-state index < -0.39 is 40.5 Å². The molecule has 0 radical (unpaired) electrons. The summed E-state index contributed by atoms with van der Waals surface area (Å²) in [7, 11) is 0. The zero-order chi connectivity index (χ0) is 15.8.